The third-order valence-electron chi connectivity index (χ3n) is 3.58. The first-order chi connectivity index (χ1) is 11.0. The lowest BCUT2D eigenvalue weighted by molar-refractivity contribution is 0.0734. The molecular weight excluding hydrogens is 290 g/mol. The maximum absolute atomic E-state index is 10.3. The molecule has 0 saturated carbocycles. The monoisotopic (exact) mass is 309 g/mol. The Morgan fingerprint density at radius 1 is 1.09 bits per heavy atom. The van der Waals surface area contributed by atoms with Gasteiger partial charge in [0.2, 0.25) is 5.88 Å². The Bertz CT molecular complexity index is 787. The zero-order valence-corrected chi connectivity index (χ0v) is 13.4. The molecule has 0 fully saturated rings. The molecule has 5 heteroatoms. The highest BCUT2D eigenvalue weighted by Crippen LogP contribution is 2.28. The fraction of sp³-hybridized carbons (Fsp3) is 0.222. The fourth-order valence-corrected chi connectivity index (χ4v) is 2.31. The first-order valence-electron chi connectivity index (χ1n) is 7.38. The quantitative estimate of drug-likeness (QED) is 0.804. The Kier molecular flexibility index (Phi) is 3.88. The van der Waals surface area contributed by atoms with E-state index in [1.807, 2.05) is 42.5 Å². The van der Waals surface area contributed by atoms with Crippen LogP contribution in [0.3, 0.4) is 0 Å². The fourth-order valence-electron chi connectivity index (χ4n) is 2.31. The van der Waals surface area contributed by atoms with Gasteiger partial charge in [0.05, 0.1) is 30.4 Å². The summed E-state index contributed by atoms with van der Waals surface area (Å²) < 4.78 is 6.89. The van der Waals surface area contributed by atoms with Crippen LogP contribution in [-0.4, -0.2) is 27.0 Å². The molecule has 2 aromatic heterocycles. The number of rotatable bonds is 4. The zero-order valence-electron chi connectivity index (χ0n) is 13.4. The zero-order chi connectivity index (χ0) is 16.4. The van der Waals surface area contributed by atoms with Crippen molar-refractivity contribution in [2.75, 3.05) is 7.11 Å². The van der Waals surface area contributed by atoms with Crippen molar-refractivity contribution >= 4 is 0 Å². The molecule has 1 aromatic carbocycles. The Labute approximate surface area is 135 Å². The maximum atomic E-state index is 10.3. The molecule has 3 aromatic rings. The van der Waals surface area contributed by atoms with Gasteiger partial charge in [-0.1, -0.05) is 30.3 Å². The molecule has 0 amide bonds. The second kappa shape index (κ2) is 5.85. The first-order valence-corrected chi connectivity index (χ1v) is 7.38. The smallest absolute Gasteiger partial charge is 0.213 e. The summed E-state index contributed by atoms with van der Waals surface area (Å²) in [5.74, 6) is 0.546. The van der Waals surface area contributed by atoms with Gasteiger partial charge in [0.15, 0.2) is 0 Å². The van der Waals surface area contributed by atoms with Crippen LogP contribution in [0.15, 0.2) is 54.7 Å². The highest BCUT2D eigenvalue weighted by molar-refractivity contribution is 5.62. The van der Waals surface area contributed by atoms with Crippen molar-refractivity contribution in [3.63, 3.8) is 0 Å². The normalized spacial score (nSPS) is 11.5. The molecule has 2 heterocycles. The van der Waals surface area contributed by atoms with Crippen molar-refractivity contribution in [1.29, 1.82) is 0 Å². The number of hydrogen-bond acceptors (Lipinski definition) is 4. The summed E-state index contributed by atoms with van der Waals surface area (Å²) in [4.78, 5) is 4.23. The van der Waals surface area contributed by atoms with Gasteiger partial charge in [-0.05, 0) is 26.0 Å². The van der Waals surface area contributed by atoms with Crippen molar-refractivity contribution in [3.05, 3.63) is 60.4 Å². The second-order valence-corrected chi connectivity index (χ2v) is 5.81. The third kappa shape index (κ3) is 3.10. The van der Waals surface area contributed by atoms with Gasteiger partial charge in [-0.15, -0.1) is 0 Å². The van der Waals surface area contributed by atoms with Crippen LogP contribution in [0.5, 0.6) is 5.88 Å². The van der Waals surface area contributed by atoms with Crippen molar-refractivity contribution < 1.29 is 9.84 Å². The number of nitrogens with zero attached hydrogens (tertiary/aromatic N) is 3. The maximum Gasteiger partial charge on any atom is 0.213 e. The number of pyridine rings is 1. The predicted octanol–water partition coefficient (Wildman–Crippen LogP) is 3.17. The van der Waals surface area contributed by atoms with E-state index in [0.29, 0.717) is 11.6 Å². The lowest BCUT2D eigenvalue weighted by atomic mass is 10.0. The molecule has 0 unspecified atom stereocenters. The summed E-state index contributed by atoms with van der Waals surface area (Å²) in [5, 5.41) is 14.9. The number of methoxy groups -OCH3 is 1. The van der Waals surface area contributed by atoms with Gasteiger partial charge in [0.25, 0.3) is 0 Å². The van der Waals surface area contributed by atoms with Gasteiger partial charge < -0.3 is 9.84 Å². The van der Waals surface area contributed by atoms with Crippen molar-refractivity contribution in [1.82, 2.24) is 14.8 Å². The van der Waals surface area contributed by atoms with Crippen LogP contribution in [0.25, 0.3) is 16.9 Å². The molecule has 5 nitrogen and oxygen atoms in total. The highest BCUT2D eigenvalue weighted by Gasteiger charge is 2.23. The highest BCUT2D eigenvalue weighted by atomic mass is 16.5. The van der Waals surface area contributed by atoms with Crippen LogP contribution < -0.4 is 4.74 Å². The minimum Gasteiger partial charge on any atom is -0.481 e. The lowest BCUT2D eigenvalue weighted by Gasteiger charge is -2.13. The van der Waals surface area contributed by atoms with Crippen LogP contribution in [0.2, 0.25) is 0 Å². The molecule has 0 saturated heterocycles. The molecule has 118 valence electrons. The Balaban J connectivity index is 2.15. The van der Waals surface area contributed by atoms with Crippen molar-refractivity contribution in [3.8, 4) is 22.8 Å². The van der Waals surface area contributed by atoms with Gasteiger partial charge in [-0.25, -0.2) is 9.67 Å². The van der Waals surface area contributed by atoms with Crippen molar-refractivity contribution in [2.24, 2.45) is 0 Å². The van der Waals surface area contributed by atoms with E-state index in [4.69, 9.17) is 4.74 Å². The molecule has 0 aliphatic carbocycles. The van der Waals surface area contributed by atoms with Crippen molar-refractivity contribution in [2.45, 2.75) is 19.4 Å². The van der Waals surface area contributed by atoms with E-state index in [1.165, 1.54) is 0 Å². The Morgan fingerprint density at radius 3 is 2.39 bits per heavy atom. The van der Waals surface area contributed by atoms with E-state index < -0.39 is 5.60 Å². The summed E-state index contributed by atoms with van der Waals surface area (Å²) in [6.45, 7) is 3.45. The average molecular weight is 309 g/mol. The van der Waals surface area contributed by atoms with E-state index >= 15 is 0 Å². The largest absolute Gasteiger partial charge is 0.481 e. The van der Waals surface area contributed by atoms with Gasteiger partial charge in [-0.3, -0.25) is 0 Å². The molecule has 0 spiro atoms. The minimum absolute atomic E-state index is 0.546. The van der Waals surface area contributed by atoms with E-state index in [0.717, 1.165) is 16.9 Å². The van der Waals surface area contributed by atoms with Gasteiger partial charge >= 0.3 is 0 Å². The van der Waals surface area contributed by atoms with Crippen LogP contribution >= 0.6 is 0 Å². The van der Waals surface area contributed by atoms with E-state index in [-0.39, 0.29) is 0 Å². The first kappa shape index (κ1) is 15.2. The molecule has 0 atom stereocenters. The van der Waals surface area contributed by atoms with E-state index in [9.17, 15) is 5.11 Å². The lowest BCUT2D eigenvalue weighted by Crippen LogP contribution is -2.16. The van der Waals surface area contributed by atoms with Crippen LogP contribution in [0.1, 0.15) is 19.5 Å². The van der Waals surface area contributed by atoms with Crippen LogP contribution in [0.4, 0.5) is 0 Å². The second-order valence-electron chi connectivity index (χ2n) is 5.81. The molecule has 3 rings (SSSR count). The predicted molar refractivity (Wildman–Crippen MR) is 88.6 cm³/mol. The summed E-state index contributed by atoms with van der Waals surface area (Å²) >= 11 is 0. The minimum atomic E-state index is -1.02. The van der Waals surface area contributed by atoms with E-state index in [2.05, 4.69) is 10.1 Å². The topological polar surface area (TPSA) is 60.2 Å². The number of benzene rings is 1. The van der Waals surface area contributed by atoms with E-state index in [1.54, 1.807) is 37.9 Å². The number of aliphatic hydroxyl groups is 1. The molecule has 0 bridgehead atoms. The Morgan fingerprint density at radius 2 is 1.83 bits per heavy atom. The molecule has 0 aliphatic rings. The number of aromatic nitrogens is 3. The summed E-state index contributed by atoms with van der Waals surface area (Å²) in [7, 11) is 1.58. The van der Waals surface area contributed by atoms with Crippen LogP contribution in [-0.2, 0) is 5.60 Å². The SMILES string of the molecule is COc1ccc(-n2nc(C(C)(C)O)cc2-c2ccccc2)cn1. The average Bonchev–Trinajstić information content (AvgIpc) is 3.01. The molecule has 1 N–H and O–H groups in total. The standard InChI is InChI=1S/C18H19N3O2/c1-18(2,22)16-11-15(13-7-5-4-6-8-13)21(20-16)14-9-10-17(23-3)19-12-14/h4-12,22H,1-3H3. The molecular formula is C18H19N3O2. The third-order valence-corrected chi connectivity index (χ3v) is 3.58. The molecule has 23 heavy (non-hydrogen) atoms. The summed E-state index contributed by atoms with van der Waals surface area (Å²) in [5.41, 5.74) is 2.31. The molecule has 0 radical (unpaired) electrons. The summed E-state index contributed by atoms with van der Waals surface area (Å²) in [6.07, 6.45) is 1.70. The van der Waals surface area contributed by atoms with Gasteiger partial charge in [-0.2, -0.15) is 5.10 Å². The van der Waals surface area contributed by atoms with Crippen LogP contribution in [0, 0.1) is 0 Å². The van der Waals surface area contributed by atoms with Gasteiger partial charge in [0.1, 0.15) is 5.60 Å². The number of hydrogen-bond donors (Lipinski definition) is 1. The number of ether oxygens (including phenoxy) is 1. The summed E-state index contributed by atoms with van der Waals surface area (Å²) in [6, 6.07) is 15.5. The van der Waals surface area contributed by atoms with Gasteiger partial charge in [0, 0.05) is 11.6 Å². The molecule has 0 aliphatic heterocycles. The Hall–Kier alpha value is -2.66.